The van der Waals surface area contributed by atoms with Crippen LogP contribution < -0.4 is 17.2 Å². The van der Waals surface area contributed by atoms with Crippen molar-refractivity contribution >= 4 is 28.3 Å². The van der Waals surface area contributed by atoms with Gasteiger partial charge in [0.1, 0.15) is 0 Å². The molecule has 20 heavy (non-hydrogen) atoms. The Balaban J connectivity index is 2.21. The number of imidazole rings is 1. The first-order valence-corrected chi connectivity index (χ1v) is 5.97. The molecule has 0 bridgehead atoms. The topological polar surface area (TPSA) is 107 Å². The summed E-state index contributed by atoms with van der Waals surface area (Å²) in [7, 11) is 0. The predicted octanol–water partition coefficient (Wildman–Crippen LogP) is 1.18. The van der Waals surface area contributed by atoms with E-state index in [4.69, 9.17) is 11.5 Å². The molecule has 1 heterocycles. The van der Waals surface area contributed by atoms with E-state index in [2.05, 4.69) is 4.98 Å². The van der Waals surface area contributed by atoms with Gasteiger partial charge in [0.2, 0.25) is 0 Å². The van der Waals surface area contributed by atoms with Crippen molar-refractivity contribution in [3.63, 3.8) is 0 Å². The van der Waals surface area contributed by atoms with E-state index in [1.54, 1.807) is 42.5 Å². The summed E-state index contributed by atoms with van der Waals surface area (Å²) >= 11 is 0. The first-order chi connectivity index (χ1) is 9.56. The predicted molar refractivity (Wildman–Crippen MR) is 77.6 cm³/mol. The molecule has 0 aliphatic carbocycles. The number of fused-ring (bicyclic) bond motifs is 1. The summed E-state index contributed by atoms with van der Waals surface area (Å²) in [6.07, 6.45) is 0. The van der Waals surface area contributed by atoms with Crippen molar-refractivity contribution in [1.82, 2.24) is 9.55 Å². The van der Waals surface area contributed by atoms with Gasteiger partial charge in [-0.15, -0.1) is 0 Å². The minimum Gasteiger partial charge on any atom is -0.399 e. The van der Waals surface area contributed by atoms with Crippen molar-refractivity contribution in [3.05, 3.63) is 58.5 Å². The van der Waals surface area contributed by atoms with Crippen molar-refractivity contribution in [2.45, 2.75) is 0 Å². The maximum atomic E-state index is 12.4. The maximum absolute atomic E-state index is 12.4. The molecular formula is C14H12N4O2. The fourth-order valence-electron chi connectivity index (χ4n) is 2.08. The Hall–Kier alpha value is -3.02. The number of benzene rings is 2. The fraction of sp³-hybridized carbons (Fsp3) is 0. The monoisotopic (exact) mass is 268 g/mol. The molecule has 0 saturated heterocycles. The highest BCUT2D eigenvalue weighted by atomic mass is 16.2. The Morgan fingerprint density at radius 2 is 1.65 bits per heavy atom. The van der Waals surface area contributed by atoms with Crippen molar-refractivity contribution in [1.29, 1.82) is 0 Å². The van der Waals surface area contributed by atoms with E-state index in [1.165, 1.54) is 0 Å². The summed E-state index contributed by atoms with van der Waals surface area (Å²) in [5, 5.41) is 0. The molecule has 0 amide bonds. The van der Waals surface area contributed by atoms with Crippen molar-refractivity contribution in [3.8, 4) is 0 Å². The van der Waals surface area contributed by atoms with E-state index >= 15 is 0 Å². The highest BCUT2D eigenvalue weighted by molar-refractivity contribution is 6.01. The lowest BCUT2D eigenvalue weighted by Crippen LogP contribution is -2.24. The fourth-order valence-corrected chi connectivity index (χ4v) is 2.08. The van der Waals surface area contributed by atoms with Crippen LogP contribution in [0.4, 0.5) is 11.4 Å². The van der Waals surface area contributed by atoms with Crippen LogP contribution in [0.2, 0.25) is 0 Å². The number of hydrogen-bond acceptors (Lipinski definition) is 4. The molecule has 0 unspecified atom stereocenters. The molecule has 0 saturated carbocycles. The van der Waals surface area contributed by atoms with Crippen molar-refractivity contribution in [2.24, 2.45) is 0 Å². The van der Waals surface area contributed by atoms with Gasteiger partial charge in [0.25, 0.3) is 5.91 Å². The zero-order chi connectivity index (χ0) is 14.3. The van der Waals surface area contributed by atoms with Crippen LogP contribution in [0.1, 0.15) is 10.4 Å². The molecule has 6 heteroatoms. The normalized spacial score (nSPS) is 10.8. The standard InChI is InChI=1S/C14H12N4O2/c15-9-3-1-8(2-4-9)13(19)18-12-7-10(16)5-6-11(12)17-14(18)20/h1-7H,15-16H2,(H,17,20). The first kappa shape index (κ1) is 12.0. The summed E-state index contributed by atoms with van der Waals surface area (Å²) < 4.78 is 1.07. The quantitative estimate of drug-likeness (QED) is 0.576. The van der Waals surface area contributed by atoms with Gasteiger partial charge >= 0.3 is 5.69 Å². The Morgan fingerprint density at radius 3 is 2.35 bits per heavy atom. The third kappa shape index (κ3) is 1.83. The van der Waals surface area contributed by atoms with E-state index in [0.29, 0.717) is 28.0 Å². The Bertz CT molecular complexity index is 859. The number of aromatic nitrogens is 2. The number of nitrogens with zero attached hydrogens (tertiary/aromatic N) is 1. The lowest BCUT2D eigenvalue weighted by Gasteiger charge is -2.03. The molecule has 0 spiro atoms. The second kappa shape index (κ2) is 4.27. The Kier molecular flexibility index (Phi) is 2.57. The second-order valence-electron chi connectivity index (χ2n) is 4.47. The van der Waals surface area contributed by atoms with Gasteiger partial charge in [-0.2, -0.15) is 0 Å². The summed E-state index contributed by atoms with van der Waals surface area (Å²) in [6, 6.07) is 11.3. The van der Waals surface area contributed by atoms with Gasteiger partial charge in [-0.25, -0.2) is 9.36 Å². The number of rotatable bonds is 1. The molecule has 1 aromatic heterocycles. The highest BCUT2D eigenvalue weighted by Gasteiger charge is 2.15. The van der Waals surface area contributed by atoms with Gasteiger partial charge in [-0.3, -0.25) is 4.79 Å². The third-order valence-corrected chi connectivity index (χ3v) is 3.07. The largest absolute Gasteiger partial charge is 0.399 e. The third-order valence-electron chi connectivity index (χ3n) is 3.07. The molecule has 3 rings (SSSR count). The molecule has 100 valence electrons. The van der Waals surface area contributed by atoms with Gasteiger partial charge in [0.05, 0.1) is 11.0 Å². The van der Waals surface area contributed by atoms with E-state index in [0.717, 1.165) is 4.57 Å². The van der Waals surface area contributed by atoms with E-state index in [9.17, 15) is 9.59 Å². The average molecular weight is 268 g/mol. The molecule has 3 aromatic rings. The van der Waals surface area contributed by atoms with Gasteiger partial charge in [-0.05, 0) is 42.5 Å². The molecule has 6 nitrogen and oxygen atoms in total. The van der Waals surface area contributed by atoms with Crippen molar-refractivity contribution in [2.75, 3.05) is 11.5 Å². The summed E-state index contributed by atoms with van der Waals surface area (Å²) in [4.78, 5) is 27.0. The van der Waals surface area contributed by atoms with E-state index < -0.39 is 11.6 Å². The van der Waals surface area contributed by atoms with Crippen LogP contribution in [0, 0.1) is 0 Å². The molecular weight excluding hydrogens is 256 g/mol. The molecule has 2 aromatic carbocycles. The van der Waals surface area contributed by atoms with Gasteiger partial charge < -0.3 is 16.5 Å². The molecule has 0 atom stereocenters. The van der Waals surface area contributed by atoms with Gasteiger partial charge in [0, 0.05) is 16.9 Å². The van der Waals surface area contributed by atoms with Crippen LogP contribution in [-0.4, -0.2) is 15.5 Å². The smallest absolute Gasteiger partial charge is 0.333 e. The first-order valence-electron chi connectivity index (χ1n) is 5.97. The molecule has 0 fully saturated rings. The Morgan fingerprint density at radius 1 is 1.00 bits per heavy atom. The molecule has 0 radical (unpaired) electrons. The highest BCUT2D eigenvalue weighted by Crippen LogP contribution is 2.16. The number of carbonyl (C=O) groups is 1. The maximum Gasteiger partial charge on any atom is 0.333 e. The van der Waals surface area contributed by atoms with Crippen LogP contribution in [-0.2, 0) is 0 Å². The Labute approximate surface area is 113 Å². The van der Waals surface area contributed by atoms with Crippen LogP contribution in [0.15, 0.2) is 47.3 Å². The number of H-pyrrole nitrogens is 1. The number of nitrogens with one attached hydrogen (secondary N) is 1. The zero-order valence-electron chi connectivity index (χ0n) is 10.5. The summed E-state index contributed by atoms with van der Waals surface area (Å²) in [5.41, 5.74) is 13.2. The van der Waals surface area contributed by atoms with Crippen LogP contribution in [0.5, 0.6) is 0 Å². The second-order valence-corrected chi connectivity index (χ2v) is 4.47. The van der Waals surface area contributed by atoms with Gasteiger partial charge in [0.15, 0.2) is 0 Å². The van der Waals surface area contributed by atoms with E-state index in [1.807, 2.05) is 0 Å². The van der Waals surface area contributed by atoms with Gasteiger partial charge in [-0.1, -0.05) is 0 Å². The molecule has 5 N–H and O–H groups in total. The lowest BCUT2D eigenvalue weighted by molar-refractivity contribution is 0.0961. The number of anilines is 2. The van der Waals surface area contributed by atoms with Crippen LogP contribution in [0.25, 0.3) is 11.0 Å². The number of hydrogen-bond donors (Lipinski definition) is 3. The number of aromatic amines is 1. The molecule has 0 aliphatic heterocycles. The van der Waals surface area contributed by atoms with Crippen LogP contribution >= 0.6 is 0 Å². The summed E-state index contributed by atoms with van der Waals surface area (Å²) in [6.45, 7) is 0. The van der Waals surface area contributed by atoms with Crippen molar-refractivity contribution < 1.29 is 4.79 Å². The summed E-state index contributed by atoms with van der Waals surface area (Å²) in [5.74, 6) is -0.424. The minimum atomic E-state index is -0.493. The minimum absolute atomic E-state index is 0.379. The zero-order valence-corrected chi connectivity index (χ0v) is 10.5. The number of nitrogen functional groups attached to an aromatic ring is 2. The number of carbonyl (C=O) groups excluding carboxylic acids is 1. The lowest BCUT2D eigenvalue weighted by atomic mass is 10.2. The van der Waals surface area contributed by atoms with Crippen LogP contribution in [0.3, 0.4) is 0 Å². The van der Waals surface area contributed by atoms with E-state index in [-0.39, 0.29) is 0 Å². The SMILES string of the molecule is Nc1ccc(C(=O)n2c(=O)[nH]c3ccc(N)cc32)cc1. The number of nitrogens with two attached hydrogens (primary N) is 2. The average Bonchev–Trinajstić information content (AvgIpc) is 2.74. The molecule has 0 aliphatic rings.